The number of alkyl halides is 3. The van der Waals surface area contributed by atoms with Crippen LogP contribution in [0.25, 0.3) is 15.9 Å². The molecule has 0 aliphatic carbocycles. The highest BCUT2D eigenvalue weighted by Gasteiger charge is 2.32. The fourth-order valence-corrected chi connectivity index (χ4v) is 5.25. The fraction of sp³-hybridized carbons (Fsp3) is 0.269. The summed E-state index contributed by atoms with van der Waals surface area (Å²) in [6, 6.07) is 14.3. The van der Waals surface area contributed by atoms with E-state index >= 15 is 0 Å². The highest BCUT2D eigenvalue weighted by atomic mass is 32.1. The number of nitrogens with one attached hydrogen (secondary N) is 1. The molecule has 8 nitrogen and oxygen atoms in total. The Bertz CT molecular complexity index is 1480. The number of aromatic nitrogens is 2. The number of anilines is 2. The zero-order valence-corrected chi connectivity index (χ0v) is 21.1. The molecule has 4 aromatic rings. The number of rotatable bonds is 6. The lowest BCUT2D eigenvalue weighted by Crippen LogP contribution is -2.37. The first-order valence-electron chi connectivity index (χ1n) is 11.8. The van der Waals surface area contributed by atoms with E-state index in [2.05, 4.69) is 10.4 Å². The Labute approximate surface area is 219 Å². The number of aryl methyl sites for hydroxylation is 1. The third-order valence-electron chi connectivity index (χ3n) is 6.03. The average Bonchev–Trinajstić information content (AvgIpc) is 3.48. The number of para-hydroxylation sites is 1. The van der Waals surface area contributed by atoms with Crippen LogP contribution in [-0.2, 0) is 20.4 Å². The maximum absolute atomic E-state index is 13.3. The van der Waals surface area contributed by atoms with Crippen molar-refractivity contribution in [2.24, 2.45) is 0 Å². The maximum atomic E-state index is 13.3. The smallest absolute Gasteiger partial charge is 0.416 e. The van der Waals surface area contributed by atoms with Gasteiger partial charge in [0, 0.05) is 18.5 Å². The van der Waals surface area contributed by atoms with Crippen LogP contribution < -0.4 is 10.2 Å². The highest BCUT2D eigenvalue weighted by molar-refractivity contribution is 7.20. The number of ether oxygens (including phenoxy) is 2. The van der Waals surface area contributed by atoms with Crippen molar-refractivity contribution in [3.05, 3.63) is 70.7 Å². The van der Waals surface area contributed by atoms with Gasteiger partial charge in [0.2, 0.25) is 0 Å². The molecule has 1 amide bonds. The second-order valence-corrected chi connectivity index (χ2v) is 9.65. The maximum Gasteiger partial charge on any atom is 0.416 e. The second kappa shape index (κ2) is 10.5. The van der Waals surface area contributed by atoms with Gasteiger partial charge in [-0.1, -0.05) is 18.2 Å². The van der Waals surface area contributed by atoms with E-state index in [1.54, 1.807) is 10.7 Å². The van der Waals surface area contributed by atoms with Gasteiger partial charge in [-0.2, -0.15) is 18.3 Å². The molecule has 0 spiro atoms. The minimum Gasteiger partial charge on any atom is -0.451 e. The molecule has 2 aromatic carbocycles. The number of fused-ring (bicyclic) bond motifs is 1. The number of carbonyl (C=O) groups is 2. The van der Waals surface area contributed by atoms with Crippen LogP contribution in [0.2, 0.25) is 0 Å². The van der Waals surface area contributed by atoms with Crippen LogP contribution in [0.3, 0.4) is 0 Å². The number of esters is 1. The molecule has 1 aliphatic heterocycles. The Kier molecular flexibility index (Phi) is 7.09. The average molecular weight is 545 g/mol. The summed E-state index contributed by atoms with van der Waals surface area (Å²) in [4.78, 5) is 28.2. The molecule has 3 heterocycles. The second-order valence-electron chi connectivity index (χ2n) is 8.62. The first kappa shape index (κ1) is 25.7. The Morgan fingerprint density at radius 3 is 2.55 bits per heavy atom. The molecule has 1 N–H and O–H groups in total. The Morgan fingerprint density at radius 2 is 1.84 bits per heavy atom. The molecule has 5 rings (SSSR count). The van der Waals surface area contributed by atoms with E-state index in [0.29, 0.717) is 32.0 Å². The molecule has 0 bridgehead atoms. The van der Waals surface area contributed by atoms with Gasteiger partial charge in [-0.3, -0.25) is 4.79 Å². The Hall–Kier alpha value is -3.90. The van der Waals surface area contributed by atoms with Crippen molar-refractivity contribution in [2.45, 2.75) is 13.1 Å². The number of morpholine rings is 1. The minimum absolute atomic E-state index is 0.0109. The van der Waals surface area contributed by atoms with Crippen molar-refractivity contribution in [1.82, 2.24) is 9.78 Å². The van der Waals surface area contributed by atoms with Gasteiger partial charge in [0.25, 0.3) is 5.91 Å². The number of nitrogens with zero attached hydrogens (tertiary/aromatic N) is 3. The molecule has 198 valence electrons. The van der Waals surface area contributed by atoms with Crippen molar-refractivity contribution >= 4 is 44.8 Å². The summed E-state index contributed by atoms with van der Waals surface area (Å²) in [7, 11) is 0. The third-order valence-corrected chi connectivity index (χ3v) is 7.12. The number of carbonyl (C=O) groups excluding carboxylic acids is 2. The topological polar surface area (TPSA) is 85.7 Å². The summed E-state index contributed by atoms with van der Waals surface area (Å²) in [5.74, 6) is -1.46. The molecular formula is C26H23F3N4O4S. The molecule has 1 saturated heterocycles. The van der Waals surface area contributed by atoms with Gasteiger partial charge in [0.15, 0.2) is 6.61 Å². The van der Waals surface area contributed by atoms with Crippen LogP contribution in [0.1, 0.15) is 20.9 Å². The summed E-state index contributed by atoms with van der Waals surface area (Å²) in [5, 5.41) is 7.80. The van der Waals surface area contributed by atoms with Crippen LogP contribution in [-0.4, -0.2) is 54.6 Å². The summed E-state index contributed by atoms with van der Waals surface area (Å²) in [6.45, 7) is 2.95. The molecule has 38 heavy (non-hydrogen) atoms. The van der Waals surface area contributed by atoms with E-state index in [4.69, 9.17) is 9.47 Å². The lowest BCUT2D eigenvalue weighted by molar-refractivity contribution is -0.137. The van der Waals surface area contributed by atoms with Crippen LogP contribution in [0.5, 0.6) is 0 Å². The lowest BCUT2D eigenvalue weighted by Gasteiger charge is -2.31. The van der Waals surface area contributed by atoms with E-state index in [-0.39, 0.29) is 10.6 Å². The van der Waals surface area contributed by atoms with Crippen LogP contribution in [0.15, 0.2) is 54.6 Å². The molecule has 1 aliphatic rings. The zero-order valence-electron chi connectivity index (χ0n) is 20.2. The van der Waals surface area contributed by atoms with E-state index in [1.807, 2.05) is 42.2 Å². The van der Waals surface area contributed by atoms with E-state index < -0.39 is 30.2 Å². The van der Waals surface area contributed by atoms with E-state index in [0.717, 1.165) is 33.7 Å². The SMILES string of the molecule is Cc1nn(-c2ccccc2)c2sc(C(=O)OCC(=O)Nc3cc(C(F)(F)F)ccc3N3CCOCC3)cc12. The summed E-state index contributed by atoms with van der Waals surface area (Å²) in [5.41, 5.74) is 1.10. The molecule has 2 aromatic heterocycles. The van der Waals surface area contributed by atoms with Gasteiger partial charge >= 0.3 is 12.1 Å². The van der Waals surface area contributed by atoms with Crippen molar-refractivity contribution in [1.29, 1.82) is 0 Å². The first-order valence-corrected chi connectivity index (χ1v) is 12.6. The minimum atomic E-state index is -4.58. The van der Waals surface area contributed by atoms with Gasteiger partial charge < -0.3 is 19.7 Å². The number of amides is 1. The number of halogens is 3. The zero-order chi connectivity index (χ0) is 26.9. The van der Waals surface area contributed by atoms with E-state index in [9.17, 15) is 22.8 Å². The number of thiophene rings is 1. The van der Waals surface area contributed by atoms with E-state index in [1.165, 1.54) is 17.4 Å². The first-order chi connectivity index (χ1) is 18.2. The standard InChI is InChI=1S/C26H23F3N4O4S/c1-16-19-14-22(38-24(19)33(31-16)18-5-3-2-4-6-18)25(35)37-15-23(34)30-20-13-17(26(27,28)29)7-8-21(20)32-9-11-36-12-10-32/h2-8,13-14H,9-12,15H2,1H3,(H,30,34). The van der Waals surface area contributed by atoms with Crippen molar-refractivity contribution in [3.63, 3.8) is 0 Å². The molecule has 0 atom stereocenters. The largest absolute Gasteiger partial charge is 0.451 e. The molecule has 1 fully saturated rings. The highest BCUT2D eigenvalue weighted by Crippen LogP contribution is 2.36. The number of benzene rings is 2. The van der Waals surface area contributed by atoms with Gasteiger partial charge in [-0.25, -0.2) is 9.48 Å². The molecule has 0 unspecified atom stereocenters. The Balaban J connectivity index is 1.30. The third kappa shape index (κ3) is 5.36. The molecule has 0 radical (unpaired) electrons. The van der Waals surface area contributed by atoms with Gasteiger partial charge in [-0.15, -0.1) is 11.3 Å². The molecular weight excluding hydrogens is 521 g/mol. The molecule has 0 saturated carbocycles. The molecule has 12 heteroatoms. The monoisotopic (exact) mass is 544 g/mol. The fourth-order valence-electron chi connectivity index (χ4n) is 4.17. The lowest BCUT2D eigenvalue weighted by atomic mass is 10.1. The van der Waals surface area contributed by atoms with Crippen molar-refractivity contribution < 1.29 is 32.2 Å². The van der Waals surface area contributed by atoms with Crippen molar-refractivity contribution in [2.75, 3.05) is 43.1 Å². The summed E-state index contributed by atoms with van der Waals surface area (Å²) >= 11 is 1.18. The number of hydrogen-bond donors (Lipinski definition) is 1. The van der Waals surface area contributed by atoms with Gasteiger partial charge in [0.1, 0.15) is 9.71 Å². The summed E-state index contributed by atoms with van der Waals surface area (Å²) < 4.78 is 52.2. The van der Waals surface area contributed by atoms with Gasteiger partial charge in [-0.05, 0) is 43.3 Å². The van der Waals surface area contributed by atoms with Crippen LogP contribution >= 0.6 is 11.3 Å². The van der Waals surface area contributed by atoms with Crippen LogP contribution in [0.4, 0.5) is 24.5 Å². The normalized spacial score (nSPS) is 14.1. The van der Waals surface area contributed by atoms with Gasteiger partial charge in [0.05, 0.1) is 41.5 Å². The quantitative estimate of drug-likeness (QED) is 0.342. The predicted octanol–water partition coefficient (Wildman–Crippen LogP) is 5.05. The Morgan fingerprint density at radius 1 is 1.11 bits per heavy atom. The summed E-state index contributed by atoms with van der Waals surface area (Å²) in [6.07, 6.45) is -4.58. The van der Waals surface area contributed by atoms with Crippen LogP contribution in [0, 0.1) is 6.92 Å². The van der Waals surface area contributed by atoms with Crippen molar-refractivity contribution in [3.8, 4) is 5.69 Å². The predicted molar refractivity (Wildman–Crippen MR) is 137 cm³/mol. The number of hydrogen-bond acceptors (Lipinski definition) is 7.